The third-order valence-corrected chi connectivity index (χ3v) is 6.17. The molecule has 0 saturated carbocycles. The Morgan fingerprint density at radius 2 is 1.03 bits per heavy atom. The van der Waals surface area contributed by atoms with E-state index in [1.54, 1.807) is 20.3 Å². The van der Waals surface area contributed by atoms with E-state index in [1.807, 2.05) is 13.8 Å². The second-order valence-corrected chi connectivity index (χ2v) is 8.83. The Balaban J connectivity index is 0. The van der Waals surface area contributed by atoms with E-state index in [2.05, 4.69) is 27.4 Å². The van der Waals surface area contributed by atoms with Gasteiger partial charge in [0.1, 0.15) is 5.60 Å². The maximum Gasteiger partial charge on any atom is 0.193 e. The van der Waals surface area contributed by atoms with Crippen LogP contribution in [-0.2, 0) is 14.2 Å². The summed E-state index contributed by atoms with van der Waals surface area (Å²) in [5, 5.41) is 0. The standard InChI is InChI=1S/C24H50O3.C3H6/c1-7-9-11-13-15-16-18-20-22-27-23(3,24(4,25-5)26-6)21-19-17-14-12-10-8-2;1-3-2/h7-22H2,1-6H3;3H,1H2,2H3. The lowest BCUT2D eigenvalue weighted by atomic mass is 9.89. The van der Waals surface area contributed by atoms with Crippen molar-refractivity contribution in [1.82, 2.24) is 0 Å². The predicted octanol–water partition coefficient (Wildman–Crippen LogP) is 8.85. The third-order valence-electron chi connectivity index (χ3n) is 6.17. The van der Waals surface area contributed by atoms with Crippen LogP contribution in [0.15, 0.2) is 12.7 Å². The number of rotatable bonds is 20. The number of ether oxygens (including phenoxy) is 3. The monoisotopic (exact) mass is 428 g/mol. The molecule has 0 aliphatic carbocycles. The first-order valence-electron chi connectivity index (χ1n) is 12.7. The van der Waals surface area contributed by atoms with Gasteiger partial charge in [-0.3, -0.25) is 0 Å². The summed E-state index contributed by atoms with van der Waals surface area (Å²) in [5.74, 6) is -0.698. The van der Waals surface area contributed by atoms with E-state index in [0.29, 0.717) is 0 Å². The minimum atomic E-state index is -0.698. The van der Waals surface area contributed by atoms with Gasteiger partial charge in [0.2, 0.25) is 0 Å². The number of hydrogen-bond acceptors (Lipinski definition) is 3. The van der Waals surface area contributed by atoms with Crippen LogP contribution >= 0.6 is 0 Å². The van der Waals surface area contributed by atoms with Crippen LogP contribution in [0.4, 0.5) is 0 Å². The van der Waals surface area contributed by atoms with Crippen molar-refractivity contribution in [2.75, 3.05) is 20.8 Å². The van der Waals surface area contributed by atoms with Gasteiger partial charge in [0.15, 0.2) is 5.79 Å². The first kappa shape index (κ1) is 31.8. The Morgan fingerprint density at radius 3 is 1.43 bits per heavy atom. The molecule has 0 amide bonds. The van der Waals surface area contributed by atoms with Gasteiger partial charge < -0.3 is 14.2 Å². The van der Waals surface area contributed by atoms with Gasteiger partial charge in [-0.15, -0.1) is 6.58 Å². The smallest absolute Gasteiger partial charge is 0.193 e. The van der Waals surface area contributed by atoms with Gasteiger partial charge in [0, 0.05) is 20.8 Å². The van der Waals surface area contributed by atoms with E-state index in [4.69, 9.17) is 14.2 Å². The Labute approximate surface area is 190 Å². The lowest BCUT2D eigenvalue weighted by Crippen LogP contribution is -2.54. The van der Waals surface area contributed by atoms with E-state index in [1.165, 1.54) is 83.5 Å². The summed E-state index contributed by atoms with van der Waals surface area (Å²) in [4.78, 5) is 0. The van der Waals surface area contributed by atoms with Crippen LogP contribution in [0.2, 0.25) is 0 Å². The maximum atomic E-state index is 6.40. The zero-order valence-electron chi connectivity index (χ0n) is 21.8. The van der Waals surface area contributed by atoms with Crippen molar-refractivity contribution in [3.05, 3.63) is 12.7 Å². The van der Waals surface area contributed by atoms with Gasteiger partial charge >= 0.3 is 0 Å². The van der Waals surface area contributed by atoms with Crippen molar-refractivity contribution < 1.29 is 14.2 Å². The lowest BCUT2D eigenvalue weighted by Gasteiger charge is -2.44. The van der Waals surface area contributed by atoms with Gasteiger partial charge in [-0.2, -0.15) is 0 Å². The molecule has 30 heavy (non-hydrogen) atoms. The second-order valence-electron chi connectivity index (χ2n) is 8.83. The molecule has 0 rings (SSSR count). The average Bonchev–Trinajstić information content (AvgIpc) is 2.75. The molecule has 0 spiro atoms. The lowest BCUT2D eigenvalue weighted by molar-refractivity contribution is -0.301. The van der Waals surface area contributed by atoms with Gasteiger partial charge in [-0.1, -0.05) is 103 Å². The Hall–Kier alpha value is -0.380. The molecular weight excluding hydrogens is 372 g/mol. The van der Waals surface area contributed by atoms with Crippen LogP contribution in [0.25, 0.3) is 0 Å². The summed E-state index contributed by atoms with van der Waals surface area (Å²) in [6.07, 6.45) is 21.0. The fraction of sp³-hybridized carbons (Fsp3) is 0.926. The highest BCUT2D eigenvalue weighted by atomic mass is 16.7. The van der Waals surface area contributed by atoms with Crippen LogP contribution in [0.1, 0.15) is 131 Å². The van der Waals surface area contributed by atoms with Crippen molar-refractivity contribution >= 4 is 0 Å². The molecule has 0 aromatic heterocycles. The topological polar surface area (TPSA) is 27.7 Å². The summed E-state index contributed by atoms with van der Waals surface area (Å²) in [6.45, 7) is 14.8. The highest BCUT2D eigenvalue weighted by Crippen LogP contribution is 2.35. The molecule has 0 fully saturated rings. The average molecular weight is 429 g/mol. The molecule has 0 aromatic carbocycles. The molecule has 1 atom stereocenters. The first-order chi connectivity index (χ1) is 14.4. The van der Waals surface area contributed by atoms with Crippen molar-refractivity contribution in [2.45, 2.75) is 142 Å². The van der Waals surface area contributed by atoms with E-state index in [0.717, 1.165) is 19.4 Å². The number of unbranched alkanes of at least 4 members (excludes halogenated alkanes) is 12. The molecule has 0 aromatic rings. The fourth-order valence-electron chi connectivity index (χ4n) is 3.72. The van der Waals surface area contributed by atoms with Crippen LogP contribution in [0, 0.1) is 0 Å². The summed E-state index contributed by atoms with van der Waals surface area (Å²) in [6, 6.07) is 0. The van der Waals surface area contributed by atoms with Crippen LogP contribution < -0.4 is 0 Å². The molecule has 0 N–H and O–H groups in total. The quantitative estimate of drug-likeness (QED) is 0.110. The van der Waals surface area contributed by atoms with Gasteiger partial charge in [-0.25, -0.2) is 0 Å². The molecule has 0 aliphatic rings. The van der Waals surface area contributed by atoms with E-state index >= 15 is 0 Å². The molecule has 1 unspecified atom stereocenters. The normalized spacial score (nSPS) is 13.4. The third kappa shape index (κ3) is 15.4. The molecule has 0 aliphatic heterocycles. The number of allylic oxidation sites excluding steroid dienone is 1. The van der Waals surface area contributed by atoms with Crippen LogP contribution in [0.5, 0.6) is 0 Å². The number of hydrogen-bond donors (Lipinski definition) is 0. The zero-order chi connectivity index (χ0) is 23.1. The van der Waals surface area contributed by atoms with Crippen LogP contribution in [-0.4, -0.2) is 32.2 Å². The molecule has 0 saturated heterocycles. The molecular formula is C27H56O3. The molecule has 0 heterocycles. The maximum absolute atomic E-state index is 6.40. The Morgan fingerprint density at radius 1 is 0.667 bits per heavy atom. The zero-order valence-corrected chi connectivity index (χ0v) is 21.8. The second kappa shape index (κ2) is 21.8. The fourth-order valence-corrected chi connectivity index (χ4v) is 3.72. The van der Waals surface area contributed by atoms with Gasteiger partial charge in [0.25, 0.3) is 0 Å². The largest absolute Gasteiger partial charge is 0.370 e. The van der Waals surface area contributed by atoms with Crippen molar-refractivity contribution in [2.24, 2.45) is 0 Å². The van der Waals surface area contributed by atoms with Crippen LogP contribution in [0.3, 0.4) is 0 Å². The van der Waals surface area contributed by atoms with Crippen molar-refractivity contribution in [1.29, 1.82) is 0 Å². The SMILES string of the molecule is C=CC.CCCCCCCCCCOC(C)(CCCCCCCC)C(C)(OC)OC. The van der Waals surface area contributed by atoms with E-state index in [9.17, 15) is 0 Å². The molecule has 3 heteroatoms. The highest BCUT2D eigenvalue weighted by molar-refractivity contribution is 4.89. The molecule has 182 valence electrons. The minimum Gasteiger partial charge on any atom is -0.370 e. The predicted molar refractivity (Wildman–Crippen MR) is 133 cm³/mol. The molecule has 3 nitrogen and oxygen atoms in total. The first-order valence-corrected chi connectivity index (χ1v) is 12.7. The van der Waals surface area contributed by atoms with Gasteiger partial charge in [-0.05, 0) is 33.6 Å². The van der Waals surface area contributed by atoms with Gasteiger partial charge in [0.05, 0.1) is 0 Å². The summed E-state index contributed by atoms with van der Waals surface area (Å²) in [7, 11) is 3.45. The molecule has 0 bridgehead atoms. The van der Waals surface area contributed by atoms with E-state index in [-0.39, 0.29) is 0 Å². The highest BCUT2D eigenvalue weighted by Gasteiger charge is 2.46. The minimum absolute atomic E-state index is 0.400. The molecule has 0 radical (unpaired) electrons. The number of methoxy groups -OCH3 is 2. The van der Waals surface area contributed by atoms with E-state index < -0.39 is 11.4 Å². The van der Waals surface area contributed by atoms with Crippen molar-refractivity contribution in [3.63, 3.8) is 0 Å². The summed E-state index contributed by atoms with van der Waals surface area (Å²) >= 11 is 0. The summed E-state index contributed by atoms with van der Waals surface area (Å²) < 4.78 is 17.9. The van der Waals surface area contributed by atoms with Crippen molar-refractivity contribution in [3.8, 4) is 0 Å². The summed E-state index contributed by atoms with van der Waals surface area (Å²) in [5.41, 5.74) is -0.400. The Kier molecular flexibility index (Phi) is 23.1. The Bertz CT molecular complexity index is 352.